The van der Waals surface area contributed by atoms with E-state index in [1.807, 2.05) is 0 Å². The first-order valence-corrected chi connectivity index (χ1v) is 4.85. The Hall–Kier alpha value is -2.50. The third-order valence-corrected chi connectivity index (χ3v) is 2.08. The Morgan fingerprint density at radius 2 is 2.18 bits per heavy atom. The predicted octanol–water partition coefficient (Wildman–Crippen LogP) is 1.15. The molecule has 0 aliphatic rings. The number of rotatable bonds is 3. The van der Waals surface area contributed by atoms with Crippen LogP contribution in [0.1, 0.15) is 0 Å². The number of ether oxygens (including phenoxy) is 2. The minimum absolute atomic E-state index is 0.207. The first kappa shape index (κ1) is 11.0. The summed E-state index contributed by atoms with van der Waals surface area (Å²) in [6.07, 6.45) is 1.27. The van der Waals surface area contributed by atoms with Crippen LogP contribution in [-0.4, -0.2) is 17.1 Å². The highest BCUT2D eigenvalue weighted by molar-refractivity contribution is 5.56. The number of nitrogens with one attached hydrogen (secondary N) is 1. The Kier molecular flexibility index (Phi) is 2.95. The van der Waals surface area contributed by atoms with E-state index in [1.54, 1.807) is 18.2 Å². The second kappa shape index (κ2) is 4.56. The topological polar surface area (TPSA) is 90.2 Å². The fraction of sp³-hybridized carbons (Fsp3) is 0.0909. The Bertz CT molecular complexity index is 580. The number of methoxy groups -OCH3 is 1. The van der Waals surface area contributed by atoms with Crippen molar-refractivity contribution in [2.45, 2.75) is 0 Å². The van der Waals surface area contributed by atoms with Crippen LogP contribution in [0, 0.1) is 0 Å². The van der Waals surface area contributed by atoms with Gasteiger partial charge in [0.05, 0.1) is 25.2 Å². The van der Waals surface area contributed by atoms with Gasteiger partial charge in [0.1, 0.15) is 11.5 Å². The highest BCUT2D eigenvalue weighted by atomic mass is 16.5. The molecule has 0 aliphatic heterocycles. The molecule has 17 heavy (non-hydrogen) atoms. The second-order valence-electron chi connectivity index (χ2n) is 3.26. The lowest BCUT2D eigenvalue weighted by Crippen LogP contribution is -2.04. The molecule has 88 valence electrons. The molecule has 0 bridgehead atoms. The maximum atomic E-state index is 11.0. The van der Waals surface area contributed by atoms with Gasteiger partial charge in [-0.2, -0.15) is 0 Å². The van der Waals surface area contributed by atoms with Crippen LogP contribution in [0.2, 0.25) is 0 Å². The first-order chi connectivity index (χ1) is 8.19. The standard InChI is InChI=1S/C11H11N3O3/c1-16-9-3-2-7(4-8(9)12)17-11-5-10(15)13-6-14-11/h2-6H,12H2,1H3,(H,13,14,15). The van der Waals surface area contributed by atoms with Crippen LogP contribution >= 0.6 is 0 Å². The zero-order valence-corrected chi connectivity index (χ0v) is 9.14. The quantitative estimate of drug-likeness (QED) is 0.776. The zero-order valence-electron chi connectivity index (χ0n) is 9.14. The summed E-state index contributed by atoms with van der Waals surface area (Å²) in [5.41, 5.74) is 5.89. The molecule has 0 amide bonds. The van der Waals surface area contributed by atoms with Gasteiger partial charge in [-0.3, -0.25) is 4.79 Å². The van der Waals surface area contributed by atoms with Crippen LogP contribution < -0.4 is 20.8 Å². The van der Waals surface area contributed by atoms with E-state index in [4.69, 9.17) is 15.2 Å². The summed E-state index contributed by atoms with van der Waals surface area (Å²) in [5.74, 6) is 1.26. The van der Waals surface area contributed by atoms with Gasteiger partial charge in [-0.25, -0.2) is 4.98 Å². The lowest BCUT2D eigenvalue weighted by molar-refractivity contribution is 0.414. The molecule has 0 spiro atoms. The molecular weight excluding hydrogens is 222 g/mol. The van der Waals surface area contributed by atoms with E-state index in [9.17, 15) is 4.79 Å². The molecule has 2 aromatic rings. The predicted molar refractivity (Wildman–Crippen MR) is 62.3 cm³/mol. The lowest BCUT2D eigenvalue weighted by Gasteiger charge is -2.07. The van der Waals surface area contributed by atoms with Gasteiger partial charge in [0.25, 0.3) is 5.56 Å². The van der Waals surface area contributed by atoms with Gasteiger partial charge in [-0.05, 0) is 12.1 Å². The van der Waals surface area contributed by atoms with Crippen molar-refractivity contribution >= 4 is 5.69 Å². The van der Waals surface area contributed by atoms with E-state index in [2.05, 4.69) is 9.97 Å². The number of hydrogen-bond acceptors (Lipinski definition) is 5. The van der Waals surface area contributed by atoms with Gasteiger partial charge in [0, 0.05) is 6.07 Å². The molecule has 1 heterocycles. The van der Waals surface area contributed by atoms with E-state index in [0.29, 0.717) is 17.2 Å². The van der Waals surface area contributed by atoms with Crippen molar-refractivity contribution in [3.8, 4) is 17.4 Å². The molecule has 3 N–H and O–H groups in total. The summed E-state index contributed by atoms with van der Waals surface area (Å²) in [6, 6.07) is 6.21. The summed E-state index contributed by atoms with van der Waals surface area (Å²) in [4.78, 5) is 17.3. The minimum Gasteiger partial charge on any atom is -0.495 e. The number of nitrogen functional groups attached to an aromatic ring is 1. The van der Waals surface area contributed by atoms with E-state index in [1.165, 1.54) is 19.5 Å². The molecule has 0 saturated carbocycles. The molecule has 2 rings (SSSR count). The molecule has 1 aromatic carbocycles. The summed E-state index contributed by atoms with van der Waals surface area (Å²) >= 11 is 0. The molecule has 0 fully saturated rings. The van der Waals surface area contributed by atoms with Gasteiger partial charge in [0.15, 0.2) is 0 Å². The monoisotopic (exact) mass is 233 g/mol. The van der Waals surface area contributed by atoms with Gasteiger partial charge < -0.3 is 20.2 Å². The molecule has 0 radical (unpaired) electrons. The van der Waals surface area contributed by atoms with Crippen molar-refractivity contribution in [2.75, 3.05) is 12.8 Å². The fourth-order valence-corrected chi connectivity index (χ4v) is 1.30. The van der Waals surface area contributed by atoms with Gasteiger partial charge in [0.2, 0.25) is 5.88 Å². The molecule has 0 atom stereocenters. The maximum absolute atomic E-state index is 11.0. The smallest absolute Gasteiger partial charge is 0.254 e. The van der Waals surface area contributed by atoms with Crippen molar-refractivity contribution < 1.29 is 9.47 Å². The molecule has 0 aliphatic carbocycles. The number of nitrogens with two attached hydrogens (primary N) is 1. The fourth-order valence-electron chi connectivity index (χ4n) is 1.30. The number of benzene rings is 1. The number of anilines is 1. The van der Waals surface area contributed by atoms with Crippen molar-refractivity contribution in [3.05, 3.63) is 40.9 Å². The van der Waals surface area contributed by atoms with E-state index in [0.717, 1.165) is 0 Å². The van der Waals surface area contributed by atoms with Crippen molar-refractivity contribution in [2.24, 2.45) is 0 Å². The highest BCUT2D eigenvalue weighted by Crippen LogP contribution is 2.27. The van der Waals surface area contributed by atoms with Crippen molar-refractivity contribution in [3.63, 3.8) is 0 Å². The van der Waals surface area contributed by atoms with E-state index >= 15 is 0 Å². The van der Waals surface area contributed by atoms with Crippen molar-refractivity contribution in [1.82, 2.24) is 9.97 Å². The molecular formula is C11H11N3O3. The maximum Gasteiger partial charge on any atom is 0.254 e. The molecule has 1 aromatic heterocycles. The Labute approximate surface area is 97.0 Å². The van der Waals surface area contributed by atoms with Gasteiger partial charge in [-0.15, -0.1) is 0 Å². The zero-order chi connectivity index (χ0) is 12.3. The third-order valence-electron chi connectivity index (χ3n) is 2.08. The second-order valence-corrected chi connectivity index (χ2v) is 3.26. The molecule has 6 nitrogen and oxygen atoms in total. The SMILES string of the molecule is COc1ccc(Oc2cc(=O)[nH]cn2)cc1N. The number of aromatic nitrogens is 2. The minimum atomic E-state index is -0.281. The summed E-state index contributed by atoms with van der Waals surface area (Å²) in [6.45, 7) is 0. The average molecular weight is 233 g/mol. The van der Waals surface area contributed by atoms with Crippen LogP contribution in [0.4, 0.5) is 5.69 Å². The lowest BCUT2D eigenvalue weighted by atomic mass is 10.3. The van der Waals surface area contributed by atoms with Crippen LogP contribution in [0.5, 0.6) is 17.4 Å². The average Bonchev–Trinajstić information content (AvgIpc) is 2.29. The Morgan fingerprint density at radius 3 is 2.82 bits per heavy atom. The number of nitrogens with zero attached hydrogens (tertiary/aromatic N) is 1. The number of aromatic amines is 1. The Morgan fingerprint density at radius 1 is 1.35 bits per heavy atom. The summed E-state index contributed by atoms with van der Waals surface area (Å²) < 4.78 is 10.4. The van der Waals surface area contributed by atoms with Crippen molar-refractivity contribution in [1.29, 1.82) is 0 Å². The number of H-pyrrole nitrogens is 1. The van der Waals surface area contributed by atoms with Crippen LogP contribution in [0.25, 0.3) is 0 Å². The Balaban J connectivity index is 2.25. The van der Waals surface area contributed by atoms with Gasteiger partial charge >= 0.3 is 0 Å². The summed E-state index contributed by atoms with van der Waals surface area (Å²) in [7, 11) is 1.53. The highest BCUT2D eigenvalue weighted by Gasteiger charge is 2.03. The normalized spacial score (nSPS) is 9.94. The third kappa shape index (κ3) is 2.54. The van der Waals surface area contributed by atoms with E-state index in [-0.39, 0.29) is 11.4 Å². The first-order valence-electron chi connectivity index (χ1n) is 4.85. The number of hydrogen-bond donors (Lipinski definition) is 2. The van der Waals surface area contributed by atoms with E-state index < -0.39 is 0 Å². The van der Waals surface area contributed by atoms with Crippen LogP contribution in [0.15, 0.2) is 35.4 Å². The van der Waals surface area contributed by atoms with Crippen LogP contribution in [0.3, 0.4) is 0 Å². The largest absolute Gasteiger partial charge is 0.495 e. The van der Waals surface area contributed by atoms with Gasteiger partial charge in [-0.1, -0.05) is 0 Å². The molecule has 6 heteroatoms. The summed E-state index contributed by atoms with van der Waals surface area (Å²) in [5, 5.41) is 0. The van der Waals surface area contributed by atoms with Crippen LogP contribution in [-0.2, 0) is 0 Å². The molecule has 0 saturated heterocycles. The molecule has 0 unspecified atom stereocenters.